The molecule has 5 heteroatoms. The molecule has 0 saturated heterocycles. The van der Waals surface area contributed by atoms with Crippen LogP contribution < -0.4 is 10.1 Å². The van der Waals surface area contributed by atoms with Crippen LogP contribution in [0.5, 0.6) is 5.75 Å². The lowest BCUT2D eigenvalue weighted by Crippen LogP contribution is -2.09. The van der Waals surface area contributed by atoms with Crippen molar-refractivity contribution in [3.8, 4) is 16.9 Å². The van der Waals surface area contributed by atoms with Crippen LogP contribution in [0.1, 0.15) is 30.5 Å². The standard InChI is InChI=1S/C28H26FNO3/c1-5-32-26-15-27-23(24(16-33-27)20-9-6-17(2)7-10-20)14-22(26)19(4)12-28(31)30-21-11-8-18(3)25(29)13-21/h6-16H,5H2,1-4H3,(H,30,31)/b19-12+. The van der Waals surface area contributed by atoms with Gasteiger partial charge in [-0.05, 0) is 62.6 Å². The second kappa shape index (κ2) is 9.33. The van der Waals surface area contributed by atoms with Crippen LogP contribution in [0.2, 0.25) is 0 Å². The monoisotopic (exact) mass is 443 g/mol. The number of rotatable bonds is 6. The number of carbonyl (C=O) groups excluding carboxylic acids is 1. The molecule has 3 aromatic carbocycles. The number of carbonyl (C=O) groups is 1. The molecule has 1 amide bonds. The van der Waals surface area contributed by atoms with Crippen molar-refractivity contribution in [2.75, 3.05) is 11.9 Å². The van der Waals surface area contributed by atoms with E-state index in [2.05, 4.69) is 29.6 Å². The summed E-state index contributed by atoms with van der Waals surface area (Å²) in [5.74, 6) is -0.0665. The number of hydrogen-bond acceptors (Lipinski definition) is 3. The number of fused-ring (bicyclic) bond motifs is 1. The summed E-state index contributed by atoms with van der Waals surface area (Å²) in [6, 6.07) is 16.7. The highest BCUT2D eigenvalue weighted by molar-refractivity contribution is 6.05. The van der Waals surface area contributed by atoms with E-state index in [-0.39, 0.29) is 11.7 Å². The summed E-state index contributed by atoms with van der Waals surface area (Å²) < 4.78 is 25.5. The van der Waals surface area contributed by atoms with Gasteiger partial charge in [0.15, 0.2) is 0 Å². The van der Waals surface area contributed by atoms with Gasteiger partial charge >= 0.3 is 0 Å². The molecule has 0 bridgehead atoms. The summed E-state index contributed by atoms with van der Waals surface area (Å²) >= 11 is 0. The average molecular weight is 444 g/mol. The van der Waals surface area contributed by atoms with E-state index in [4.69, 9.17) is 9.15 Å². The minimum atomic E-state index is -0.360. The van der Waals surface area contributed by atoms with Crippen molar-refractivity contribution in [3.63, 3.8) is 0 Å². The van der Waals surface area contributed by atoms with Gasteiger partial charge in [-0.25, -0.2) is 4.39 Å². The van der Waals surface area contributed by atoms with Gasteiger partial charge in [0.1, 0.15) is 17.1 Å². The molecule has 0 atom stereocenters. The number of aryl methyl sites for hydroxylation is 2. The molecule has 1 aromatic heterocycles. The molecule has 4 nitrogen and oxygen atoms in total. The molecule has 168 valence electrons. The molecule has 33 heavy (non-hydrogen) atoms. The number of ether oxygens (including phenoxy) is 1. The van der Waals surface area contributed by atoms with Crippen molar-refractivity contribution in [1.82, 2.24) is 0 Å². The Balaban J connectivity index is 1.71. The third-order valence-electron chi connectivity index (χ3n) is 5.55. The minimum Gasteiger partial charge on any atom is -0.493 e. The number of hydrogen-bond donors (Lipinski definition) is 1. The maximum absolute atomic E-state index is 13.8. The quantitative estimate of drug-likeness (QED) is 0.318. The number of anilines is 1. The molecular weight excluding hydrogens is 417 g/mol. The highest BCUT2D eigenvalue weighted by Crippen LogP contribution is 2.37. The Hall–Kier alpha value is -3.86. The summed E-state index contributed by atoms with van der Waals surface area (Å²) in [6.07, 6.45) is 3.24. The van der Waals surface area contributed by atoms with Gasteiger partial charge in [-0.3, -0.25) is 4.79 Å². The molecule has 0 fully saturated rings. The average Bonchev–Trinajstić information content (AvgIpc) is 3.19. The second-order valence-electron chi connectivity index (χ2n) is 8.07. The Labute approximate surface area is 192 Å². The summed E-state index contributed by atoms with van der Waals surface area (Å²) in [5.41, 5.74) is 6.38. The lowest BCUT2D eigenvalue weighted by Gasteiger charge is -2.12. The summed E-state index contributed by atoms with van der Waals surface area (Å²) in [4.78, 5) is 12.6. The van der Waals surface area contributed by atoms with Crippen molar-refractivity contribution < 1.29 is 18.3 Å². The van der Waals surface area contributed by atoms with Crippen LogP contribution in [0.4, 0.5) is 10.1 Å². The Bertz CT molecular complexity index is 1350. The van der Waals surface area contributed by atoms with Gasteiger partial charge in [0.2, 0.25) is 5.91 Å². The second-order valence-corrected chi connectivity index (χ2v) is 8.07. The molecule has 0 saturated carbocycles. The van der Waals surface area contributed by atoms with Crippen molar-refractivity contribution in [2.24, 2.45) is 0 Å². The van der Waals surface area contributed by atoms with E-state index < -0.39 is 0 Å². The van der Waals surface area contributed by atoms with E-state index >= 15 is 0 Å². The molecule has 4 aromatic rings. The fraction of sp³-hybridized carbons (Fsp3) is 0.179. The van der Waals surface area contributed by atoms with Crippen LogP contribution in [0.15, 0.2) is 71.4 Å². The van der Waals surface area contributed by atoms with Gasteiger partial charge in [-0.15, -0.1) is 0 Å². The van der Waals surface area contributed by atoms with Gasteiger partial charge in [0, 0.05) is 34.3 Å². The summed E-state index contributed by atoms with van der Waals surface area (Å²) in [6.45, 7) is 7.97. The molecule has 1 N–H and O–H groups in total. The first-order valence-corrected chi connectivity index (χ1v) is 10.9. The first-order valence-electron chi connectivity index (χ1n) is 10.9. The molecule has 1 heterocycles. The molecule has 0 aliphatic heterocycles. The molecule has 4 rings (SSSR count). The first kappa shape index (κ1) is 22.3. The van der Waals surface area contributed by atoms with E-state index in [0.717, 1.165) is 27.6 Å². The highest BCUT2D eigenvalue weighted by Gasteiger charge is 2.15. The number of nitrogens with one attached hydrogen (secondary N) is 1. The van der Waals surface area contributed by atoms with Crippen molar-refractivity contribution in [2.45, 2.75) is 27.7 Å². The maximum atomic E-state index is 13.8. The summed E-state index contributed by atoms with van der Waals surface area (Å²) in [5, 5.41) is 3.66. The zero-order valence-electron chi connectivity index (χ0n) is 19.2. The predicted molar refractivity (Wildman–Crippen MR) is 131 cm³/mol. The topological polar surface area (TPSA) is 51.5 Å². The molecular formula is C28H26FNO3. The molecule has 0 aliphatic carbocycles. The van der Waals surface area contributed by atoms with Gasteiger partial charge in [0.25, 0.3) is 0 Å². The lowest BCUT2D eigenvalue weighted by atomic mass is 9.98. The van der Waals surface area contributed by atoms with Gasteiger partial charge in [-0.1, -0.05) is 35.9 Å². The zero-order chi connectivity index (χ0) is 23.5. The summed E-state index contributed by atoms with van der Waals surface area (Å²) in [7, 11) is 0. The first-order chi connectivity index (χ1) is 15.9. The van der Waals surface area contributed by atoms with Gasteiger partial charge in [0.05, 0.1) is 12.9 Å². The van der Waals surface area contributed by atoms with Crippen molar-refractivity contribution in [3.05, 3.63) is 89.4 Å². The lowest BCUT2D eigenvalue weighted by molar-refractivity contribution is -0.111. The van der Waals surface area contributed by atoms with E-state index in [9.17, 15) is 9.18 Å². The van der Waals surface area contributed by atoms with Crippen LogP contribution >= 0.6 is 0 Å². The van der Waals surface area contributed by atoms with Crippen LogP contribution in [-0.2, 0) is 4.79 Å². The molecule has 0 aliphatic rings. The normalized spacial score (nSPS) is 11.6. The van der Waals surface area contributed by atoms with Crippen molar-refractivity contribution >= 4 is 28.1 Å². The van der Waals surface area contributed by atoms with E-state index in [1.165, 1.54) is 17.7 Å². The molecule has 0 radical (unpaired) electrons. The highest BCUT2D eigenvalue weighted by atomic mass is 19.1. The fourth-order valence-corrected chi connectivity index (χ4v) is 3.72. The SMILES string of the molecule is CCOc1cc2occ(-c3ccc(C)cc3)c2cc1/C(C)=C/C(=O)Nc1ccc(C)c(F)c1. The van der Waals surface area contributed by atoms with E-state index in [0.29, 0.717) is 29.2 Å². The number of amides is 1. The number of benzene rings is 3. The number of furan rings is 1. The van der Waals surface area contributed by atoms with Crippen LogP contribution in [0, 0.1) is 19.7 Å². The Morgan fingerprint density at radius 2 is 1.85 bits per heavy atom. The largest absolute Gasteiger partial charge is 0.493 e. The van der Waals surface area contributed by atoms with Crippen molar-refractivity contribution in [1.29, 1.82) is 0 Å². The Morgan fingerprint density at radius 1 is 1.09 bits per heavy atom. The van der Waals surface area contributed by atoms with E-state index in [1.54, 1.807) is 25.3 Å². The Morgan fingerprint density at radius 3 is 2.55 bits per heavy atom. The number of halogens is 1. The Kier molecular flexibility index (Phi) is 6.31. The number of allylic oxidation sites excluding steroid dienone is 1. The minimum absolute atomic E-state index is 0.343. The third kappa shape index (κ3) is 4.82. The van der Waals surface area contributed by atoms with Crippen LogP contribution in [0.25, 0.3) is 27.7 Å². The fourth-order valence-electron chi connectivity index (χ4n) is 3.72. The molecule has 0 spiro atoms. The van der Waals surface area contributed by atoms with Crippen LogP contribution in [-0.4, -0.2) is 12.5 Å². The smallest absolute Gasteiger partial charge is 0.248 e. The molecule has 0 unspecified atom stereocenters. The van der Waals surface area contributed by atoms with Gasteiger partial charge in [-0.2, -0.15) is 0 Å². The van der Waals surface area contributed by atoms with Crippen LogP contribution in [0.3, 0.4) is 0 Å². The third-order valence-corrected chi connectivity index (χ3v) is 5.55. The predicted octanol–water partition coefficient (Wildman–Crippen LogP) is 7.30. The van der Waals surface area contributed by atoms with Gasteiger partial charge < -0.3 is 14.5 Å². The maximum Gasteiger partial charge on any atom is 0.248 e. The zero-order valence-corrected chi connectivity index (χ0v) is 19.2. The van der Waals surface area contributed by atoms with E-state index in [1.807, 2.05) is 32.9 Å².